The molecule has 1 aromatic carbocycles. The molecule has 4 nitrogen and oxygen atoms in total. The van der Waals surface area contributed by atoms with E-state index < -0.39 is 4.33 Å². The van der Waals surface area contributed by atoms with Gasteiger partial charge in [0.05, 0.1) is 6.10 Å². The Morgan fingerprint density at radius 3 is 2.17 bits per heavy atom. The highest BCUT2D eigenvalue weighted by molar-refractivity contribution is 6.52. The van der Waals surface area contributed by atoms with E-state index in [1.807, 2.05) is 30.9 Å². The van der Waals surface area contributed by atoms with Crippen LogP contribution >= 0.6 is 23.2 Å². The van der Waals surface area contributed by atoms with Crippen molar-refractivity contribution in [3.63, 3.8) is 0 Å². The number of hydrogen-bond acceptors (Lipinski definition) is 3. The number of carbonyl (C=O) groups excluding carboxylic acids is 1. The maximum Gasteiger partial charge on any atom is 0.219 e. The maximum absolute atomic E-state index is 11.6. The maximum atomic E-state index is 11.6. The van der Waals surface area contributed by atoms with Crippen LogP contribution in [0, 0.1) is 5.41 Å². The quantitative estimate of drug-likeness (QED) is 0.630. The lowest BCUT2D eigenvalue weighted by Gasteiger charge is -2.42. The molecule has 0 aromatic heterocycles. The second-order valence-electron chi connectivity index (χ2n) is 9.22. The fourth-order valence-electron chi connectivity index (χ4n) is 5.50. The lowest BCUT2D eigenvalue weighted by atomic mass is 9.87. The minimum Gasteiger partial charge on any atom is -0.491 e. The number of amides is 1. The van der Waals surface area contributed by atoms with Gasteiger partial charge in [-0.1, -0.05) is 12.1 Å². The topological polar surface area (TPSA) is 32.8 Å². The number of halogens is 2. The van der Waals surface area contributed by atoms with Crippen LogP contribution in [-0.4, -0.2) is 58.4 Å². The van der Waals surface area contributed by atoms with Crippen molar-refractivity contribution in [3.05, 3.63) is 29.8 Å². The minimum absolute atomic E-state index is 0.0207. The van der Waals surface area contributed by atoms with Gasteiger partial charge in [-0.3, -0.25) is 4.79 Å². The third kappa shape index (κ3) is 3.88. The number of ether oxygens (including phenoxy) is 1. The molecule has 1 aromatic rings. The minimum atomic E-state index is -0.683. The van der Waals surface area contributed by atoms with Crippen molar-refractivity contribution in [2.24, 2.45) is 5.41 Å². The molecular formula is C23H32Cl2N2O2. The van der Waals surface area contributed by atoms with Gasteiger partial charge in [-0.2, -0.15) is 0 Å². The molecule has 1 amide bonds. The first-order chi connectivity index (χ1) is 13.7. The van der Waals surface area contributed by atoms with Gasteiger partial charge >= 0.3 is 0 Å². The summed E-state index contributed by atoms with van der Waals surface area (Å²) < 4.78 is 5.08. The second-order valence-corrected chi connectivity index (χ2v) is 10.6. The number of rotatable bonds is 4. The Morgan fingerprint density at radius 2 is 1.66 bits per heavy atom. The molecule has 1 aliphatic carbocycles. The number of carbonyl (C=O) groups is 1. The third-order valence-corrected chi connectivity index (χ3v) is 8.39. The first-order valence-electron chi connectivity index (χ1n) is 10.9. The molecule has 0 N–H and O–H groups in total. The molecule has 4 rings (SSSR count). The second kappa shape index (κ2) is 7.94. The van der Waals surface area contributed by atoms with Crippen LogP contribution in [0.15, 0.2) is 24.3 Å². The lowest BCUT2D eigenvalue weighted by Crippen LogP contribution is -2.49. The zero-order valence-electron chi connectivity index (χ0n) is 17.7. The van der Waals surface area contributed by atoms with E-state index in [4.69, 9.17) is 27.9 Å². The summed E-state index contributed by atoms with van der Waals surface area (Å²) >= 11 is 13.7. The number of hydrogen-bond donors (Lipinski definition) is 0. The summed E-state index contributed by atoms with van der Waals surface area (Å²) in [5.41, 5.74) is 1.20. The smallest absolute Gasteiger partial charge is 0.219 e. The van der Waals surface area contributed by atoms with Crippen molar-refractivity contribution in [1.82, 2.24) is 9.80 Å². The zero-order valence-corrected chi connectivity index (χ0v) is 19.2. The summed E-state index contributed by atoms with van der Waals surface area (Å²) in [6.45, 7) is 9.57. The fourth-order valence-corrected chi connectivity index (χ4v) is 6.66. The van der Waals surface area contributed by atoms with Gasteiger partial charge in [0.1, 0.15) is 10.1 Å². The molecule has 29 heavy (non-hydrogen) atoms. The van der Waals surface area contributed by atoms with E-state index in [9.17, 15) is 4.79 Å². The van der Waals surface area contributed by atoms with Gasteiger partial charge < -0.3 is 14.5 Å². The van der Waals surface area contributed by atoms with Crippen molar-refractivity contribution < 1.29 is 9.53 Å². The van der Waals surface area contributed by atoms with E-state index in [-0.39, 0.29) is 23.3 Å². The van der Waals surface area contributed by atoms with Gasteiger partial charge in [0.25, 0.3) is 0 Å². The molecule has 1 unspecified atom stereocenters. The van der Waals surface area contributed by atoms with Gasteiger partial charge in [0, 0.05) is 37.4 Å². The summed E-state index contributed by atoms with van der Waals surface area (Å²) in [6.07, 6.45) is 4.37. The van der Waals surface area contributed by atoms with Gasteiger partial charge in [0.15, 0.2) is 0 Å². The summed E-state index contributed by atoms with van der Waals surface area (Å²) in [5.74, 6) is 1.27. The molecule has 2 aliphatic heterocycles. The lowest BCUT2D eigenvalue weighted by molar-refractivity contribution is -0.130. The predicted octanol–water partition coefficient (Wildman–Crippen LogP) is 4.84. The van der Waals surface area contributed by atoms with Crippen LogP contribution in [0.4, 0.5) is 0 Å². The van der Waals surface area contributed by atoms with E-state index >= 15 is 0 Å². The Kier molecular flexibility index (Phi) is 5.82. The summed E-state index contributed by atoms with van der Waals surface area (Å²) in [6, 6.07) is 8.89. The fraction of sp³-hybridized carbons (Fsp3) is 0.696. The largest absolute Gasteiger partial charge is 0.491 e. The monoisotopic (exact) mass is 438 g/mol. The SMILES string of the molecule is CC(=O)N1CCC(N2CCC3(CC2)C(c2ccc(OC(C)C)cc2)C3(Cl)Cl)CC1. The van der Waals surface area contributed by atoms with Crippen LogP contribution in [-0.2, 0) is 4.79 Å². The van der Waals surface area contributed by atoms with Crippen molar-refractivity contribution in [2.45, 2.75) is 68.9 Å². The number of likely N-dealkylation sites (tertiary alicyclic amines) is 2. The van der Waals surface area contributed by atoms with E-state index in [2.05, 4.69) is 17.0 Å². The Labute approximate surface area is 184 Å². The predicted molar refractivity (Wildman–Crippen MR) is 118 cm³/mol. The third-order valence-electron chi connectivity index (χ3n) is 7.20. The van der Waals surface area contributed by atoms with Crippen LogP contribution in [0.1, 0.15) is 57.9 Å². The number of nitrogens with zero attached hydrogens (tertiary/aromatic N) is 2. The average Bonchev–Trinajstić information content (AvgIpc) is 3.16. The Morgan fingerprint density at radius 1 is 1.07 bits per heavy atom. The first kappa shape index (κ1) is 21.3. The van der Waals surface area contributed by atoms with Crippen LogP contribution in [0.3, 0.4) is 0 Å². The summed E-state index contributed by atoms with van der Waals surface area (Å²) in [4.78, 5) is 16.1. The molecule has 1 saturated carbocycles. The molecule has 3 fully saturated rings. The molecular weight excluding hydrogens is 407 g/mol. The van der Waals surface area contributed by atoms with Crippen molar-refractivity contribution in [2.75, 3.05) is 26.2 Å². The van der Waals surface area contributed by atoms with Crippen LogP contribution in [0.25, 0.3) is 0 Å². The van der Waals surface area contributed by atoms with Gasteiger partial charge in [0.2, 0.25) is 5.91 Å². The normalized spacial score (nSPS) is 26.7. The molecule has 2 heterocycles. The van der Waals surface area contributed by atoms with Crippen molar-refractivity contribution in [3.8, 4) is 5.75 Å². The highest BCUT2D eigenvalue weighted by Crippen LogP contribution is 2.78. The number of alkyl halides is 2. The Bertz CT molecular complexity index is 734. The first-order valence-corrected chi connectivity index (χ1v) is 11.6. The van der Waals surface area contributed by atoms with Crippen LogP contribution < -0.4 is 4.74 Å². The average molecular weight is 439 g/mol. The summed E-state index contributed by atoms with van der Waals surface area (Å²) in [5, 5.41) is 0. The van der Waals surface area contributed by atoms with Crippen LogP contribution in [0.5, 0.6) is 5.75 Å². The van der Waals surface area contributed by atoms with Gasteiger partial charge in [-0.05, 0) is 70.3 Å². The molecule has 1 spiro atoms. The van der Waals surface area contributed by atoms with Gasteiger partial charge in [-0.15, -0.1) is 23.2 Å². The summed E-state index contributed by atoms with van der Waals surface area (Å²) in [7, 11) is 0. The molecule has 0 bridgehead atoms. The highest BCUT2D eigenvalue weighted by atomic mass is 35.5. The zero-order chi connectivity index (χ0) is 20.8. The molecule has 0 radical (unpaired) electrons. The highest BCUT2D eigenvalue weighted by Gasteiger charge is 2.75. The van der Waals surface area contributed by atoms with Crippen LogP contribution in [0.2, 0.25) is 0 Å². The Balaban J connectivity index is 1.37. The Hall–Kier alpha value is -0.970. The standard InChI is InChI=1S/C23H32Cl2N2O2/c1-16(2)29-20-6-4-18(5-7-20)21-22(23(21,24)25)10-14-27(15-11-22)19-8-12-26(13-9-19)17(3)28/h4-7,16,19,21H,8-15H2,1-3H3. The molecule has 6 heteroatoms. The van der Waals surface area contributed by atoms with Gasteiger partial charge in [-0.25, -0.2) is 0 Å². The van der Waals surface area contributed by atoms with E-state index in [0.717, 1.165) is 57.6 Å². The molecule has 160 valence electrons. The molecule has 3 aliphatic rings. The molecule has 1 atom stereocenters. The molecule has 2 saturated heterocycles. The van der Waals surface area contributed by atoms with E-state index in [1.165, 1.54) is 5.56 Å². The van der Waals surface area contributed by atoms with Crippen molar-refractivity contribution >= 4 is 29.1 Å². The number of piperidine rings is 2. The van der Waals surface area contributed by atoms with E-state index in [0.29, 0.717) is 6.04 Å². The van der Waals surface area contributed by atoms with Crippen molar-refractivity contribution in [1.29, 1.82) is 0 Å². The number of benzene rings is 1. The van der Waals surface area contributed by atoms with E-state index in [1.54, 1.807) is 6.92 Å².